The number of hydrogen-bond donors (Lipinski definition) is 0. The second-order valence-electron chi connectivity index (χ2n) is 4.84. The number of benzene rings is 1. The molecule has 5 heteroatoms. The lowest BCUT2D eigenvalue weighted by Crippen LogP contribution is -2.09. The number of nitrogens with zero attached hydrogens (tertiary/aromatic N) is 3. The second-order valence-corrected chi connectivity index (χ2v) is 6.09. The molecule has 0 spiro atoms. The van der Waals surface area contributed by atoms with Gasteiger partial charge in [0.15, 0.2) is 5.58 Å². The molecule has 0 aliphatic heterocycles. The fourth-order valence-corrected chi connectivity index (χ4v) is 2.38. The maximum absolute atomic E-state index is 5.70. The molecule has 0 amide bonds. The van der Waals surface area contributed by atoms with Crippen molar-refractivity contribution in [3.8, 4) is 0 Å². The van der Waals surface area contributed by atoms with Gasteiger partial charge in [-0.25, -0.2) is 9.97 Å². The number of pyridine rings is 1. The van der Waals surface area contributed by atoms with Gasteiger partial charge in [0, 0.05) is 29.9 Å². The van der Waals surface area contributed by atoms with Crippen molar-refractivity contribution in [2.45, 2.75) is 0 Å². The monoisotopic (exact) mass is 389 g/mol. The van der Waals surface area contributed by atoms with Gasteiger partial charge in [0.1, 0.15) is 11.3 Å². The van der Waals surface area contributed by atoms with Crippen molar-refractivity contribution in [1.82, 2.24) is 9.97 Å². The van der Waals surface area contributed by atoms with Crippen molar-refractivity contribution >= 4 is 51.7 Å². The number of halogens is 1. The normalized spacial score (nSPS) is 11.4. The zero-order valence-electron chi connectivity index (χ0n) is 11.7. The third-order valence-electron chi connectivity index (χ3n) is 3.01. The molecule has 21 heavy (non-hydrogen) atoms. The largest absolute Gasteiger partial charge is 0.437 e. The first-order chi connectivity index (χ1) is 10.1. The van der Waals surface area contributed by atoms with Gasteiger partial charge in [0.25, 0.3) is 0 Å². The third kappa shape index (κ3) is 3.24. The van der Waals surface area contributed by atoms with E-state index in [1.807, 2.05) is 67.7 Å². The van der Waals surface area contributed by atoms with E-state index < -0.39 is 0 Å². The lowest BCUT2D eigenvalue weighted by atomic mass is 10.2. The number of fused-ring (bicyclic) bond motifs is 1. The van der Waals surface area contributed by atoms with Crippen LogP contribution < -0.4 is 4.90 Å². The van der Waals surface area contributed by atoms with Gasteiger partial charge in [-0.1, -0.05) is 0 Å². The second kappa shape index (κ2) is 5.85. The molecule has 0 saturated carbocycles. The summed E-state index contributed by atoms with van der Waals surface area (Å²) < 4.78 is 6.84. The van der Waals surface area contributed by atoms with Crippen LogP contribution in [0.1, 0.15) is 11.5 Å². The van der Waals surface area contributed by atoms with E-state index in [2.05, 4.69) is 32.6 Å². The molecule has 0 atom stereocenters. The van der Waals surface area contributed by atoms with E-state index in [1.54, 1.807) is 0 Å². The van der Waals surface area contributed by atoms with Crippen LogP contribution >= 0.6 is 22.6 Å². The Bertz CT molecular complexity index is 791. The van der Waals surface area contributed by atoms with Crippen LogP contribution in [0.15, 0.2) is 40.9 Å². The third-order valence-corrected chi connectivity index (χ3v) is 3.69. The maximum atomic E-state index is 5.70. The van der Waals surface area contributed by atoms with Crippen LogP contribution in [0.25, 0.3) is 23.3 Å². The summed E-state index contributed by atoms with van der Waals surface area (Å²) in [4.78, 5) is 10.8. The van der Waals surface area contributed by atoms with Crippen LogP contribution in [0, 0.1) is 3.57 Å². The van der Waals surface area contributed by atoms with Crippen molar-refractivity contribution in [3.05, 3.63) is 51.6 Å². The minimum atomic E-state index is 0.601. The van der Waals surface area contributed by atoms with Crippen LogP contribution in [0.4, 0.5) is 5.82 Å². The average Bonchev–Trinajstić information content (AvgIpc) is 2.87. The molecule has 2 heterocycles. The fraction of sp³-hybridized carbons (Fsp3) is 0.125. The van der Waals surface area contributed by atoms with E-state index in [9.17, 15) is 0 Å². The molecule has 0 unspecified atom stereocenters. The Kier molecular flexibility index (Phi) is 3.92. The Hall–Kier alpha value is -1.89. The van der Waals surface area contributed by atoms with E-state index in [1.165, 1.54) is 0 Å². The highest BCUT2D eigenvalue weighted by molar-refractivity contribution is 14.1. The van der Waals surface area contributed by atoms with E-state index in [0.717, 1.165) is 26.1 Å². The summed E-state index contributed by atoms with van der Waals surface area (Å²) in [6, 6.07) is 9.96. The van der Waals surface area contributed by atoms with Crippen molar-refractivity contribution in [2.24, 2.45) is 0 Å². The highest BCUT2D eigenvalue weighted by Gasteiger charge is 2.03. The van der Waals surface area contributed by atoms with E-state index in [4.69, 9.17) is 4.42 Å². The van der Waals surface area contributed by atoms with Crippen LogP contribution in [0.3, 0.4) is 0 Å². The highest BCUT2D eigenvalue weighted by Crippen LogP contribution is 2.19. The Balaban J connectivity index is 1.83. The Morgan fingerprint density at radius 2 is 2.00 bits per heavy atom. The summed E-state index contributed by atoms with van der Waals surface area (Å²) in [7, 11) is 3.94. The summed E-state index contributed by atoms with van der Waals surface area (Å²) >= 11 is 2.26. The standard InChI is InChI=1S/C16H14IN3O/c1-20(2)15-7-3-11(10-18-15)4-8-16-19-13-6-5-12(17)9-14(13)21-16/h3-10H,1-2H3/b8-4+/i17-2. The van der Waals surface area contributed by atoms with Gasteiger partial charge in [-0.2, -0.15) is 0 Å². The fourth-order valence-electron chi connectivity index (χ4n) is 1.92. The molecule has 1 aromatic carbocycles. The number of rotatable bonds is 3. The summed E-state index contributed by atoms with van der Waals surface area (Å²) in [5.74, 6) is 1.53. The molecule has 3 rings (SSSR count). The first-order valence-electron chi connectivity index (χ1n) is 6.49. The zero-order chi connectivity index (χ0) is 14.8. The van der Waals surface area contributed by atoms with Crippen LogP contribution in [-0.2, 0) is 0 Å². The van der Waals surface area contributed by atoms with Gasteiger partial charge in [-0.15, -0.1) is 0 Å². The predicted octanol–water partition coefficient (Wildman–Crippen LogP) is 4.06. The first kappa shape index (κ1) is 14.1. The van der Waals surface area contributed by atoms with Crippen LogP contribution in [0.5, 0.6) is 0 Å². The quantitative estimate of drug-likeness (QED) is 0.634. The minimum absolute atomic E-state index is 0.601. The summed E-state index contributed by atoms with van der Waals surface area (Å²) in [5.41, 5.74) is 2.69. The molecular formula is C16H14IN3O. The Labute approximate surface area is 136 Å². The van der Waals surface area contributed by atoms with E-state index in [0.29, 0.717) is 5.89 Å². The smallest absolute Gasteiger partial charge is 0.220 e. The molecule has 106 valence electrons. The molecule has 0 fully saturated rings. The average molecular weight is 389 g/mol. The van der Waals surface area contributed by atoms with Gasteiger partial charge in [0.2, 0.25) is 5.89 Å². The van der Waals surface area contributed by atoms with Gasteiger partial charge < -0.3 is 9.32 Å². The minimum Gasteiger partial charge on any atom is -0.437 e. The SMILES string of the molecule is CN(C)c1ccc(/C=C/c2nc3ccc([125I])cc3o2)cn1. The summed E-state index contributed by atoms with van der Waals surface area (Å²) in [6.45, 7) is 0. The number of anilines is 1. The molecule has 0 aliphatic rings. The van der Waals surface area contributed by atoms with Crippen LogP contribution in [-0.4, -0.2) is 24.1 Å². The first-order valence-corrected chi connectivity index (χ1v) is 7.57. The van der Waals surface area contributed by atoms with Gasteiger partial charge in [0.05, 0.1) is 0 Å². The van der Waals surface area contributed by atoms with Gasteiger partial charge in [-0.3, -0.25) is 0 Å². The van der Waals surface area contributed by atoms with Gasteiger partial charge in [-0.05, 0) is 64.6 Å². The molecule has 3 aromatic rings. The van der Waals surface area contributed by atoms with Crippen molar-refractivity contribution < 1.29 is 4.42 Å². The molecular weight excluding hydrogens is 375 g/mol. The van der Waals surface area contributed by atoms with Crippen LogP contribution in [0.2, 0.25) is 0 Å². The number of oxazole rings is 1. The molecule has 4 nitrogen and oxygen atoms in total. The Morgan fingerprint density at radius 3 is 2.71 bits per heavy atom. The highest BCUT2D eigenvalue weighted by atomic mass is 125. The summed E-state index contributed by atoms with van der Waals surface area (Å²) in [6.07, 6.45) is 5.64. The van der Waals surface area contributed by atoms with Gasteiger partial charge >= 0.3 is 0 Å². The topological polar surface area (TPSA) is 42.2 Å². The molecule has 0 saturated heterocycles. The summed E-state index contributed by atoms with van der Waals surface area (Å²) in [5, 5.41) is 0. The predicted molar refractivity (Wildman–Crippen MR) is 94.2 cm³/mol. The molecule has 2 aromatic heterocycles. The molecule has 0 bridgehead atoms. The number of hydrogen-bond acceptors (Lipinski definition) is 4. The zero-order valence-corrected chi connectivity index (χ0v) is 13.9. The number of aromatic nitrogens is 2. The van der Waals surface area contributed by atoms with E-state index >= 15 is 0 Å². The maximum Gasteiger partial charge on any atom is 0.220 e. The molecule has 0 radical (unpaired) electrons. The van der Waals surface area contributed by atoms with Crippen molar-refractivity contribution in [1.29, 1.82) is 0 Å². The van der Waals surface area contributed by atoms with E-state index in [-0.39, 0.29) is 0 Å². The molecule has 0 N–H and O–H groups in total. The Morgan fingerprint density at radius 1 is 1.14 bits per heavy atom. The lowest BCUT2D eigenvalue weighted by molar-refractivity contribution is 0.589. The van der Waals surface area contributed by atoms with Crippen molar-refractivity contribution in [3.63, 3.8) is 0 Å². The van der Waals surface area contributed by atoms with Crippen molar-refractivity contribution in [2.75, 3.05) is 19.0 Å². The lowest BCUT2D eigenvalue weighted by Gasteiger charge is -2.10. The molecule has 0 aliphatic carbocycles.